The third-order valence-corrected chi connectivity index (χ3v) is 5.75. The maximum atomic E-state index is 12.7. The van der Waals surface area contributed by atoms with E-state index in [4.69, 9.17) is 5.11 Å². The zero-order valence-corrected chi connectivity index (χ0v) is 11.8. The lowest BCUT2D eigenvalue weighted by molar-refractivity contribution is 0.246. The number of aliphatic hydroxyl groups is 1. The molecule has 1 fully saturated rings. The summed E-state index contributed by atoms with van der Waals surface area (Å²) in [5.41, 5.74) is 0.712. The lowest BCUT2D eigenvalue weighted by Crippen LogP contribution is -2.36. The van der Waals surface area contributed by atoms with E-state index in [0.717, 1.165) is 18.2 Å². The number of hydrogen-bond acceptors (Lipinski definition) is 4. The monoisotopic (exact) mass is 295 g/mol. The van der Waals surface area contributed by atoms with Gasteiger partial charge < -0.3 is 5.11 Å². The Labute approximate surface area is 117 Å². The third-order valence-electron chi connectivity index (χ3n) is 3.81. The summed E-state index contributed by atoms with van der Waals surface area (Å²) in [4.78, 5) is 0.277. The SMILES string of the molecule is O=S(=O)(c1ccc2cn[nH]c2c1)N1CCCC1CCO. The van der Waals surface area contributed by atoms with Gasteiger partial charge in [-0.1, -0.05) is 0 Å². The van der Waals surface area contributed by atoms with Crippen molar-refractivity contribution >= 4 is 20.9 Å². The molecule has 1 atom stereocenters. The van der Waals surface area contributed by atoms with Gasteiger partial charge in [0.1, 0.15) is 0 Å². The van der Waals surface area contributed by atoms with Crippen molar-refractivity contribution in [2.75, 3.05) is 13.2 Å². The Morgan fingerprint density at radius 2 is 2.30 bits per heavy atom. The smallest absolute Gasteiger partial charge is 0.243 e. The van der Waals surface area contributed by atoms with E-state index in [1.165, 1.54) is 4.31 Å². The highest BCUT2D eigenvalue weighted by molar-refractivity contribution is 7.89. The molecule has 1 unspecified atom stereocenters. The molecule has 0 amide bonds. The fourth-order valence-corrected chi connectivity index (χ4v) is 4.53. The highest BCUT2D eigenvalue weighted by Gasteiger charge is 2.34. The van der Waals surface area contributed by atoms with E-state index in [2.05, 4.69) is 10.2 Å². The van der Waals surface area contributed by atoms with Crippen LogP contribution in [0.2, 0.25) is 0 Å². The second-order valence-corrected chi connectivity index (χ2v) is 6.93. The molecule has 2 N–H and O–H groups in total. The number of aromatic amines is 1. The number of sulfonamides is 1. The number of nitrogens with zero attached hydrogens (tertiary/aromatic N) is 2. The Morgan fingerprint density at radius 3 is 3.10 bits per heavy atom. The lowest BCUT2D eigenvalue weighted by atomic mass is 10.2. The molecule has 0 aliphatic carbocycles. The number of nitrogens with one attached hydrogen (secondary N) is 1. The number of aromatic nitrogens is 2. The van der Waals surface area contributed by atoms with Crippen molar-refractivity contribution in [3.63, 3.8) is 0 Å². The Kier molecular flexibility index (Phi) is 3.49. The van der Waals surface area contributed by atoms with Crippen LogP contribution in [-0.2, 0) is 10.0 Å². The van der Waals surface area contributed by atoms with E-state index in [0.29, 0.717) is 18.5 Å². The number of aliphatic hydroxyl groups excluding tert-OH is 1. The lowest BCUT2D eigenvalue weighted by Gasteiger charge is -2.23. The molecule has 0 spiro atoms. The average Bonchev–Trinajstić information content (AvgIpc) is 3.06. The molecule has 6 nitrogen and oxygen atoms in total. The van der Waals surface area contributed by atoms with Gasteiger partial charge >= 0.3 is 0 Å². The molecule has 1 aromatic carbocycles. The highest BCUT2D eigenvalue weighted by atomic mass is 32.2. The van der Waals surface area contributed by atoms with Gasteiger partial charge in [0.25, 0.3) is 0 Å². The first kappa shape index (κ1) is 13.5. The van der Waals surface area contributed by atoms with Gasteiger partial charge in [-0.15, -0.1) is 0 Å². The zero-order valence-electron chi connectivity index (χ0n) is 11.0. The van der Waals surface area contributed by atoms with Gasteiger partial charge in [-0.05, 0) is 37.5 Å². The van der Waals surface area contributed by atoms with Crippen LogP contribution in [0.4, 0.5) is 0 Å². The second-order valence-electron chi connectivity index (χ2n) is 5.04. The van der Waals surface area contributed by atoms with Crippen LogP contribution in [0.1, 0.15) is 19.3 Å². The Morgan fingerprint density at radius 1 is 1.45 bits per heavy atom. The standard InChI is InChI=1S/C13H17N3O3S/c17-7-5-11-2-1-6-16(11)20(18,19)12-4-3-10-9-14-15-13(10)8-12/h3-4,8-9,11,17H,1-2,5-7H2,(H,14,15). The van der Waals surface area contributed by atoms with E-state index in [1.807, 2.05) is 0 Å². The van der Waals surface area contributed by atoms with E-state index in [-0.39, 0.29) is 17.5 Å². The molecule has 0 saturated carbocycles. The summed E-state index contributed by atoms with van der Waals surface area (Å²) < 4.78 is 26.9. The van der Waals surface area contributed by atoms with Crippen LogP contribution in [0, 0.1) is 0 Å². The first-order valence-corrected chi connectivity index (χ1v) is 8.13. The quantitative estimate of drug-likeness (QED) is 0.884. The minimum absolute atomic E-state index is 0.0102. The van der Waals surface area contributed by atoms with Crippen molar-refractivity contribution in [1.29, 1.82) is 0 Å². The summed E-state index contributed by atoms with van der Waals surface area (Å²) in [6.45, 7) is 0.532. The van der Waals surface area contributed by atoms with Gasteiger partial charge in [0.2, 0.25) is 10.0 Å². The normalized spacial score (nSPS) is 20.8. The topological polar surface area (TPSA) is 86.3 Å². The molecular weight excluding hydrogens is 278 g/mol. The molecule has 0 radical (unpaired) electrons. The molecule has 1 aromatic heterocycles. The second kappa shape index (κ2) is 5.16. The fraction of sp³-hybridized carbons (Fsp3) is 0.462. The van der Waals surface area contributed by atoms with Crippen molar-refractivity contribution in [2.45, 2.75) is 30.2 Å². The molecule has 2 heterocycles. The number of rotatable bonds is 4. The predicted molar refractivity (Wildman–Crippen MR) is 74.7 cm³/mol. The van der Waals surface area contributed by atoms with Crippen LogP contribution in [-0.4, -0.2) is 47.2 Å². The summed E-state index contributed by atoms with van der Waals surface area (Å²) >= 11 is 0. The van der Waals surface area contributed by atoms with Crippen molar-refractivity contribution in [3.8, 4) is 0 Å². The van der Waals surface area contributed by atoms with Crippen molar-refractivity contribution in [3.05, 3.63) is 24.4 Å². The van der Waals surface area contributed by atoms with E-state index in [9.17, 15) is 8.42 Å². The van der Waals surface area contributed by atoms with Gasteiger partial charge in [0, 0.05) is 24.6 Å². The summed E-state index contributed by atoms with van der Waals surface area (Å²) in [7, 11) is -3.50. The van der Waals surface area contributed by atoms with Crippen LogP contribution in [0.3, 0.4) is 0 Å². The van der Waals surface area contributed by atoms with E-state index >= 15 is 0 Å². The molecule has 3 rings (SSSR count). The molecule has 7 heteroatoms. The van der Waals surface area contributed by atoms with Gasteiger partial charge in [0.15, 0.2) is 0 Å². The average molecular weight is 295 g/mol. The molecule has 1 saturated heterocycles. The van der Waals surface area contributed by atoms with E-state index < -0.39 is 10.0 Å². The van der Waals surface area contributed by atoms with Crippen LogP contribution in [0.25, 0.3) is 10.9 Å². The number of hydrogen-bond donors (Lipinski definition) is 2. The van der Waals surface area contributed by atoms with Crippen molar-refractivity contribution in [1.82, 2.24) is 14.5 Å². The molecule has 2 aromatic rings. The number of fused-ring (bicyclic) bond motifs is 1. The Hall–Kier alpha value is -1.44. The van der Waals surface area contributed by atoms with Crippen LogP contribution in [0.15, 0.2) is 29.3 Å². The van der Waals surface area contributed by atoms with Gasteiger partial charge in [-0.2, -0.15) is 9.40 Å². The summed E-state index contributed by atoms with van der Waals surface area (Å²) in [6, 6.07) is 4.89. The molecule has 0 bridgehead atoms. The summed E-state index contributed by atoms with van der Waals surface area (Å²) in [5, 5.41) is 16.6. The van der Waals surface area contributed by atoms with Crippen molar-refractivity contribution < 1.29 is 13.5 Å². The van der Waals surface area contributed by atoms with Crippen LogP contribution < -0.4 is 0 Å². The first-order chi connectivity index (χ1) is 9.63. The van der Waals surface area contributed by atoms with Crippen LogP contribution in [0.5, 0.6) is 0 Å². The predicted octanol–water partition coefficient (Wildman–Crippen LogP) is 1.10. The zero-order chi connectivity index (χ0) is 14.2. The summed E-state index contributed by atoms with van der Waals surface area (Å²) in [5.74, 6) is 0. The Balaban J connectivity index is 1.97. The van der Waals surface area contributed by atoms with Gasteiger partial charge in [0.05, 0.1) is 16.6 Å². The third kappa shape index (κ3) is 2.21. The van der Waals surface area contributed by atoms with Crippen molar-refractivity contribution in [2.24, 2.45) is 0 Å². The molecular formula is C13H17N3O3S. The van der Waals surface area contributed by atoms with Gasteiger partial charge in [-0.3, -0.25) is 5.10 Å². The minimum Gasteiger partial charge on any atom is -0.396 e. The van der Waals surface area contributed by atoms with E-state index in [1.54, 1.807) is 24.4 Å². The number of benzene rings is 1. The maximum absolute atomic E-state index is 12.7. The molecule has 1 aliphatic heterocycles. The minimum atomic E-state index is -3.50. The van der Waals surface area contributed by atoms with Gasteiger partial charge in [-0.25, -0.2) is 8.42 Å². The summed E-state index contributed by atoms with van der Waals surface area (Å²) in [6.07, 6.45) is 3.81. The largest absolute Gasteiger partial charge is 0.396 e. The first-order valence-electron chi connectivity index (χ1n) is 6.69. The van der Waals surface area contributed by atoms with Crippen LogP contribution >= 0.6 is 0 Å². The maximum Gasteiger partial charge on any atom is 0.243 e. The highest BCUT2D eigenvalue weighted by Crippen LogP contribution is 2.28. The fourth-order valence-electron chi connectivity index (χ4n) is 2.78. The Bertz CT molecular complexity index is 710. The molecule has 20 heavy (non-hydrogen) atoms. The molecule has 108 valence electrons. The number of H-pyrrole nitrogens is 1. The molecule has 1 aliphatic rings.